The molecule has 0 bridgehead atoms. The second kappa shape index (κ2) is 8.15. The smallest absolute Gasteiger partial charge is 0.324 e. The zero-order valence-electron chi connectivity index (χ0n) is 15.4. The van der Waals surface area contributed by atoms with E-state index in [1.165, 1.54) is 12.0 Å². The summed E-state index contributed by atoms with van der Waals surface area (Å²) in [4.78, 5) is 37.0. The lowest BCUT2D eigenvalue weighted by Gasteiger charge is -2.20. The van der Waals surface area contributed by atoms with Gasteiger partial charge in [0.1, 0.15) is 6.04 Å². The summed E-state index contributed by atoms with van der Waals surface area (Å²) >= 11 is 0. The molecule has 1 atom stereocenters. The van der Waals surface area contributed by atoms with E-state index in [-0.39, 0.29) is 30.5 Å². The van der Waals surface area contributed by atoms with Gasteiger partial charge in [-0.2, -0.15) is 0 Å². The number of carbonyl (C=O) groups is 3. The monoisotopic (exact) mass is 376 g/mol. The maximum atomic E-state index is 12.4. The van der Waals surface area contributed by atoms with E-state index in [0.29, 0.717) is 30.3 Å². The lowest BCUT2D eigenvalue weighted by atomic mass is 10.2. The van der Waals surface area contributed by atoms with Crippen LogP contribution in [0.3, 0.4) is 0 Å². The first-order valence-corrected chi connectivity index (χ1v) is 8.94. The molecule has 1 saturated carbocycles. The lowest BCUT2D eigenvalue weighted by Crippen LogP contribution is -2.43. The molecule has 2 fully saturated rings. The first-order valence-electron chi connectivity index (χ1n) is 8.94. The van der Waals surface area contributed by atoms with Crippen LogP contribution in [0.4, 0.5) is 10.5 Å². The molecule has 1 heterocycles. The van der Waals surface area contributed by atoms with Crippen LogP contribution < -0.4 is 25.4 Å². The Morgan fingerprint density at radius 1 is 1.33 bits per heavy atom. The Morgan fingerprint density at radius 3 is 2.74 bits per heavy atom. The van der Waals surface area contributed by atoms with E-state index in [1.54, 1.807) is 25.1 Å². The molecule has 146 valence electrons. The molecule has 1 saturated heterocycles. The van der Waals surface area contributed by atoms with Gasteiger partial charge < -0.3 is 25.4 Å². The van der Waals surface area contributed by atoms with Crippen molar-refractivity contribution in [2.45, 2.75) is 31.8 Å². The standard InChI is InChI=1S/C18H24N4O5/c1-11(17(24)22-8-7-19-18(22)25)20-13-5-6-14(26-2)15(9-13)27-10-16(23)21-12-3-4-12/h5-6,9,11-12,20H,3-4,7-8,10H2,1-2H3,(H,19,25)(H,21,23)/t11-/m1/s1. The Bertz CT molecular complexity index is 734. The minimum Gasteiger partial charge on any atom is -0.493 e. The van der Waals surface area contributed by atoms with Crippen molar-refractivity contribution in [3.63, 3.8) is 0 Å². The molecule has 27 heavy (non-hydrogen) atoms. The van der Waals surface area contributed by atoms with Crippen LogP contribution in [-0.2, 0) is 9.59 Å². The second-order valence-corrected chi connectivity index (χ2v) is 6.58. The molecule has 1 aromatic rings. The number of imide groups is 1. The zero-order chi connectivity index (χ0) is 19.4. The molecule has 0 unspecified atom stereocenters. The molecule has 3 rings (SSSR count). The Kier molecular flexibility index (Phi) is 5.68. The van der Waals surface area contributed by atoms with Gasteiger partial charge in [0.2, 0.25) is 0 Å². The number of ether oxygens (including phenoxy) is 2. The Morgan fingerprint density at radius 2 is 2.11 bits per heavy atom. The summed E-state index contributed by atoms with van der Waals surface area (Å²) < 4.78 is 10.8. The fraction of sp³-hybridized carbons (Fsp3) is 0.500. The van der Waals surface area contributed by atoms with Crippen LogP contribution in [0.25, 0.3) is 0 Å². The molecule has 4 amide bonds. The molecule has 9 heteroatoms. The van der Waals surface area contributed by atoms with E-state index in [9.17, 15) is 14.4 Å². The fourth-order valence-electron chi connectivity index (χ4n) is 2.75. The van der Waals surface area contributed by atoms with Crippen LogP contribution in [0.15, 0.2) is 18.2 Å². The number of methoxy groups -OCH3 is 1. The number of hydrogen-bond acceptors (Lipinski definition) is 6. The number of anilines is 1. The number of benzene rings is 1. The number of nitrogens with zero attached hydrogens (tertiary/aromatic N) is 1. The first kappa shape index (κ1) is 18.8. The summed E-state index contributed by atoms with van der Waals surface area (Å²) in [6.45, 7) is 2.39. The SMILES string of the molecule is COc1ccc(N[C@H](C)C(=O)N2CCNC2=O)cc1OCC(=O)NC1CC1. The van der Waals surface area contributed by atoms with Crippen molar-refractivity contribution in [1.29, 1.82) is 0 Å². The number of amides is 4. The van der Waals surface area contributed by atoms with Crippen molar-refractivity contribution in [2.75, 3.05) is 32.1 Å². The number of nitrogens with one attached hydrogen (secondary N) is 3. The quantitative estimate of drug-likeness (QED) is 0.616. The van der Waals surface area contributed by atoms with Crippen LogP contribution in [0, 0.1) is 0 Å². The van der Waals surface area contributed by atoms with Gasteiger partial charge in [-0.1, -0.05) is 0 Å². The number of carbonyl (C=O) groups excluding carboxylic acids is 3. The van der Waals surface area contributed by atoms with Crippen LogP contribution in [0.2, 0.25) is 0 Å². The summed E-state index contributed by atoms with van der Waals surface area (Å²) in [5, 5.41) is 8.51. The molecule has 1 aliphatic heterocycles. The van der Waals surface area contributed by atoms with Crippen LogP contribution in [0.1, 0.15) is 19.8 Å². The van der Waals surface area contributed by atoms with Crippen LogP contribution in [-0.4, -0.2) is 61.6 Å². The van der Waals surface area contributed by atoms with Crippen molar-refractivity contribution in [3.8, 4) is 11.5 Å². The first-order chi connectivity index (χ1) is 13.0. The Balaban J connectivity index is 1.61. The molecular formula is C18H24N4O5. The highest BCUT2D eigenvalue weighted by Gasteiger charge is 2.29. The van der Waals surface area contributed by atoms with Crippen molar-refractivity contribution in [2.24, 2.45) is 0 Å². The molecular weight excluding hydrogens is 352 g/mol. The largest absolute Gasteiger partial charge is 0.493 e. The Hall–Kier alpha value is -2.97. The average Bonchev–Trinajstić information content (AvgIpc) is 3.36. The van der Waals surface area contributed by atoms with E-state index < -0.39 is 6.04 Å². The third kappa shape index (κ3) is 4.81. The fourth-order valence-corrected chi connectivity index (χ4v) is 2.75. The van der Waals surface area contributed by atoms with Gasteiger partial charge in [-0.05, 0) is 31.9 Å². The predicted molar refractivity (Wildman–Crippen MR) is 97.9 cm³/mol. The summed E-state index contributed by atoms with van der Waals surface area (Å²) in [5.74, 6) is 0.387. The molecule has 0 radical (unpaired) electrons. The maximum Gasteiger partial charge on any atom is 0.324 e. The van der Waals surface area contributed by atoms with Gasteiger partial charge in [-0.15, -0.1) is 0 Å². The summed E-state index contributed by atoms with van der Waals surface area (Å²) in [5.41, 5.74) is 0.619. The van der Waals surface area contributed by atoms with Gasteiger partial charge in [0.25, 0.3) is 11.8 Å². The lowest BCUT2D eigenvalue weighted by molar-refractivity contribution is -0.128. The third-order valence-corrected chi connectivity index (χ3v) is 4.34. The van der Waals surface area contributed by atoms with E-state index in [0.717, 1.165) is 12.8 Å². The highest BCUT2D eigenvalue weighted by Crippen LogP contribution is 2.30. The van der Waals surface area contributed by atoms with Gasteiger partial charge >= 0.3 is 6.03 Å². The summed E-state index contributed by atoms with van der Waals surface area (Å²) in [6, 6.07) is 4.38. The highest BCUT2D eigenvalue weighted by molar-refractivity contribution is 5.99. The zero-order valence-corrected chi connectivity index (χ0v) is 15.4. The van der Waals surface area contributed by atoms with E-state index in [2.05, 4.69) is 16.0 Å². The molecule has 2 aliphatic rings. The molecule has 1 aliphatic carbocycles. The third-order valence-electron chi connectivity index (χ3n) is 4.34. The van der Waals surface area contributed by atoms with E-state index in [1.807, 2.05) is 0 Å². The maximum absolute atomic E-state index is 12.4. The molecule has 9 nitrogen and oxygen atoms in total. The molecule has 3 N–H and O–H groups in total. The summed E-state index contributed by atoms with van der Waals surface area (Å²) in [6.07, 6.45) is 2.02. The van der Waals surface area contributed by atoms with Crippen molar-refractivity contribution >= 4 is 23.5 Å². The Labute approximate surface area is 157 Å². The van der Waals surface area contributed by atoms with Gasteiger partial charge in [-0.25, -0.2) is 4.79 Å². The molecule has 0 aromatic heterocycles. The number of hydrogen-bond donors (Lipinski definition) is 3. The number of rotatable bonds is 8. The topological polar surface area (TPSA) is 109 Å². The van der Waals surface area contributed by atoms with Crippen molar-refractivity contribution in [1.82, 2.24) is 15.5 Å². The molecule has 0 spiro atoms. The van der Waals surface area contributed by atoms with Gasteiger partial charge in [-0.3, -0.25) is 14.5 Å². The van der Waals surface area contributed by atoms with E-state index >= 15 is 0 Å². The predicted octanol–water partition coefficient (Wildman–Crippen LogP) is 0.705. The number of urea groups is 1. The highest BCUT2D eigenvalue weighted by atomic mass is 16.5. The van der Waals surface area contributed by atoms with Gasteiger partial charge in [0.15, 0.2) is 18.1 Å². The van der Waals surface area contributed by atoms with Crippen LogP contribution in [0.5, 0.6) is 11.5 Å². The summed E-state index contributed by atoms with van der Waals surface area (Å²) in [7, 11) is 1.51. The minimum atomic E-state index is -0.603. The van der Waals surface area contributed by atoms with Crippen molar-refractivity contribution < 1.29 is 23.9 Å². The minimum absolute atomic E-state index is 0.112. The van der Waals surface area contributed by atoms with Crippen LogP contribution >= 0.6 is 0 Å². The van der Waals surface area contributed by atoms with E-state index in [4.69, 9.17) is 9.47 Å². The van der Waals surface area contributed by atoms with Gasteiger partial charge in [0.05, 0.1) is 7.11 Å². The van der Waals surface area contributed by atoms with Gasteiger partial charge in [0, 0.05) is 30.9 Å². The van der Waals surface area contributed by atoms with Crippen molar-refractivity contribution in [3.05, 3.63) is 18.2 Å². The second-order valence-electron chi connectivity index (χ2n) is 6.58. The average molecular weight is 376 g/mol. The normalized spacial score (nSPS) is 17.1. The molecule has 1 aromatic carbocycles.